The molecule has 0 amide bonds. The highest BCUT2D eigenvalue weighted by Gasteiger charge is 2.42. The highest BCUT2D eigenvalue weighted by Crippen LogP contribution is 2.43. The molecule has 1 saturated carbocycles. The lowest BCUT2D eigenvalue weighted by molar-refractivity contribution is -0.0367. The zero-order valence-corrected chi connectivity index (χ0v) is 13.7. The molecule has 3 nitrogen and oxygen atoms in total. The van der Waals surface area contributed by atoms with Crippen LogP contribution in [0.1, 0.15) is 57.6 Å². The maximum atomic E-state index is 6.01. The molecule has 3 heteroatoms. The smallest absolute Gasteiger partial charge is 0.119 e. The van der Waals surface area contributed by atoms with Crippen LogP contribution in [0.15, 0.2) is 24.3 Å². The maximum absolute atomic E-state index is 6.01. The first-order valence-corrected chi connectivity index (χ1v) is 8.27. The van der Waals surface area contributed by atoms with Crippen molar-refractivity contribution in [3.05, 3.63) is 29.8 Å². The van der Waals surface area contributed by atoms with E-state index >= 15 is 0 Å². The van der Waals surface area contributed by atoms with Crippen LogP contribution in [0.25, 0.3) is 0 Å². The van der Waals surface area contributed by atoms with Crippen LogP contribution in [-0.4, -0.2) is 25.9 Å². The standard InChI is InChI=1S/C18H29NO2/c1-4-13-19-17(18(20-3)11-6-7-12-18)15-9-8-10-16(14-15)21-5-2/h8-10,14,17,19H,4-7,11-13H2,1-3H3. The molecule has 0 spiro atoms. The summed E-state index contributed by atoms with van der Waals surface area (Å²) in [6.45, 7) is 5.93. The summed E-state index contributed by atoms with van der Waals surface area (Å²) in [6.07, 6.45) is 5.89. The Hall–Kier alpha value is -1.06. The van der Waals surface area contributed by atoms with E-state index in [2.05, 4.69) is 30.4 Å². The lowest BCUT2D eigenvalue weighted by Gasteiger charge is -2.37. The van der Waals surface area contributed by atoms with Gasteiger partial charge in [0.2, 0.25) is 0 Å². The van der Waals surface area contributed by atoms with Crippen LogP contribution in [-0.2, 0) is 4.74 Å². The molecule has 118 valence electrons. The summed E-state index contributed by atoms with van der Waals surface area (Å²) in [4.78, 5) is 0. The third-order valence-electron chi connectivity index (χ3n) is 4.48. The number of methoxy groups -OCH3 is 1. The molecule has 2 rings (SSSR count). The SMILES string of the molecule is CCCNC(c1cccc(OCC)c1)C1(OC)CCCC1. The third kappa shape index (κ3) is 3.78. The van der Waals surface area contributed by atoms with Gasteiger partial charge in [-0.05, 0) is 50.4 Å². The largest absolute Gasteiger partial charge is 0.494 e. The van der Waals surface area contributed by atoms with Crippen molar-refractivity contribution < 1.29 is 9.47 Å². The first-order valence-electron chi connectivity index (χ1n) is 8.27. The second kappa shape index (κ2) is 7.81. The van der Waals surface area contributed by atoms with Crippen molar-refractivity contribution in [2.75, 3.05) is 20.3 Å². The lowest BCUT2D eigenvalue weighted by atomic mass is 9.86. The van der Waals surface area contributed by atoms with Gasteiger partial charge in [-0.25, -0.2) is 0 Å². The number of nitrogens with one attached hydrogen (secondary N) is 1. The van der Waals surface area contributed by atoms with E-state index in [4.69, 9.17) is 9.47 Å². The summed E-state index contributed by atoms with van der Waals surface area (Å²) in [5.74, 6) is 0.947. The van der Waals surface area contributed by atoms with Crippen molar-refractivity contribution in [2.24, 2.45) is 0 Å². The number of benzene rings is 1. The zero-order chi connectivity index (χ0) is 15.1. The minimum Gasteiger partial charge on any atom is -0.494 e. The number of hydrogen-bond donors (Lipinski definition) is 1. The predicted octanol–water partition coefficient (Wildman–Crippen LogP) is 4.09. The fraction of sp³-hybridized carbons (Fsp3) is 0.667. The summed E-state index contributed by atoms with van der Waals surface area (Å²) in [5.41, 5.74) is 1.21. The van der Waals surface area contributed by atoms with E-state index in [0.717, 1.165) is 31.6 Å². The fourth-order valence-electron chi connectivity index (χ4n) is 3.43. The molecular formula is C18H29NO2. The first kappa shape index (κ1) is 16.3. The highest BCUT2D eigenvalue weighted by molar-refractivity contribution is 5.32. The number of rotatable bonds is 8. The van der Waals surface area contributed by atoms with E-state index in [0.29, 0.717) is 6.61 Å². The van der Waals surface area contributed by atoms with Crippen LogP contribution < -0.4 is 10.1 Å². The van der Waals surface area contributed by atoms with Gasteiger partial charge in [-0.1, -0.05) is 31.9 Å². The summed E-state index contributed by atoms with van der Waals surface area (Å²) in [5, 5.41) is 3.71. The maximum Gasteiger partial charge on any atom is 0.119 e. The monoisotopic (exact) mass is 291 g/mol. The second-order valence-corrected chi connectivity index (χ2v) is 5.87. The van der Waals surface area contributed by atoms with Crippen molar-refractivity contribution >= 4 is 0 Å². The van der Waals surface area contributed by atoms with E-state index in [1.54, 1.807) is 0 Å². The van der Waals surface area contributed by atoms with Crippen LogP contribution in [0.5, 0.6) is 5.75 Å². The molecule has 1 unspecified atom stereocenters. The molecule has 0 saturated heterocycles. The van der Waals surface area contributed by atoms with Crippen molar-refractivity contribution in [2.45, 2.75) is 57.6 Å². The molecule has 1 aromatic rings. The molecule has 0 aliphatic heterocycles. The average Bonchev–Trinajstić information content (AvgIpc) is 2.98. The van der Waals surface area contributed by atoms with E-state index < -0.39 is 0 Å². The fourth-order valence-corrected chi connectivity index (χ4v) is 3.43. The molecule has 0 bridgehead atoms. The van der Waals surface area contributed by atoms with Gasteiger partial charge in [-0.2, -0.15) is 0 Å². The van der Waals surface area contributed by atoms with Gasteiger partial charge in [0.05, 0.1) is 18.2 Å². The molecule has 1 N–H and O–H groups in total. The molecule has 0 radical (unpaired) electrons. The number of ether oxygens (including phenoxy) is 2. The summed E-state index contributed by atoms with van der Waals surface area (Å²) < 4.78 is 11.7. The van der Waals surface area contributed by atoms with Crippen LogP contribution in [0, 0.1) is 0 Å². The Kier molecular flexibility index (Phi) is 6.07. The zero-order valence-electron chi connectivity index (χ0n) is 13.7. The Morgan fingerprint density at radius 1 is 1.24 bits per heavy atom. The van der Waals surface area contributed by atoms with Crippen LogP contribution in [0.4, 0.5) is 0 Å². The van der Waals surface area contributed by atoms with Gasteiger partial charge in [0.25, 0.3) is 0 Å². The summed E-state index contributed by atoms with van der Waals surface area (Å²) in [7, 11) is 1.86. The summed E-state index contributed by atoms with van der Waals surface area (Å²) >= 11 is 0. The van der Waals surface area contributed by atoms with E-state index in [9.17, 15) is 0 Å². The molecule has 1 aromatic carbocycles. The van der Waals surface area contributed by atoms with Crippen molar-refractivity contribution in [3.63, 3.8) is 0 Å². The topological polar surface area (TPSA) is 30.5 Å². The van der Waals surface area contributed by atoms with Crippen LogP contribution in [0.2, 0.25) is 0 Å². The van der Waals surface area contributed by atoms with Gasteiger partial charge in [0.15, 0.2) is 0 Å². The molecule has 1 aliphatic carbocycles. The van der Waals surface area contributed by atoms with Gasteiger partial charge < -0.3 is 14.8 Å². The molecular weight excluding hydrogens is 262 g/mol. The molecule has 21 heavy (non-hydrogen) atoms. The molecule has 1 atom stereocenters. The number of hydrogen-bond acceptors (Lipinski definition) is 3. The molecule has 0 heterocycles. The van der Waals surface area contributed by atoms with Crippen molar-refractivity contribution in [1.82, 2.24) is 5.32 Å². The normalized spacial score (nSPS) is 18.6. The third-order valence-corrected chi connectivity index (χ3v) is 4.48. The Labute approximate surface area is 129 Å². The van der Waals surface area contributed by atoms with E-state index in [1.165, 1.54) is 18.4 Å². The van der Waals surface area contributed by atoms with E-state index in [-0.39, 0.29) is 11.6 Å². The minimum atomic E-state index is -0.0694. The van der Waals surface area contributed by atoms with Crippen molar-refractivity contribution in [3.8, 4) is 5.75 Å². The van der Waals surface area contributed by atoms with Crippen LogP contribution >= 0.6 is 0 Å². The van der Waals surface area contributed by atoms with Gasteiger partial charge >= 0.3 is 0 Å². The minimum absolute atomic E-state index is 0.0694. The van der Waals surface area contributed by atoms with Crippen molar-refractivity contribution in [1.29, 1.82) is 0 Å². The van der Waals surface area contributed by atoms with Crippen LogP contribution in [0.3, 0.4) is 0 Å². The Morgan fingerprint density at radius 2 is 2.00 bits per heavy atom. The quantitative estimate of drug-likeness (QED) is 0.782. The molecule has 0 aromatic heterocycles. The Bertz CT molecular complexity index is 427. The Morgan fingerprint density at radius 3 is 2.62 bits per heavy atom. The Balaban J connectivity index is 2.28. The lowest BCUT2D eigenvalue weighted by Crippen LogP contribution is -2.43. The average molecular weight is 291 g/mol. The van der Waals surface area contributed by atoms with Gasteiger partial charge in [0.1, 0.15) is 5.75 Å². The highest BCUT2D eigenvalue weighted by atomic mass is 16.5. The predicted molar refractivity (Wildman–Crippen MR) is 86.9 cm³/mol. The summed E-state index contributed by atoms with van der Waals surface area (Å²) in [6, 6.07) is 8.70. The second-order valence-electron chi connectivity index (χ2n) is 5.87. The molecule has 1 aliphatic rings. The van der Waals surface area contributed by atoms with Gasteiger partial charge in [-0.15, -0.1) is 0 Å². The van der Waals surface area contributed by atoms with Gasteiger partial charge in [0, 0.05) is 7.11 Å². The van der Waals surface area contributed by atoms with Gasteiger partial charge in [-0.3, -0.25) is 0 Å². The van der Waals surface area contributed by atoms with E-state index in [1.807, 2.05) is 20.1 Å². The molecule has 1 fully saturated rings. The first-order chi connectivity index (χ1) is 10.3.